The zero-order valence-corrected chi connectivity index (χ0v) is 12.3. The fraction of sp³-hybridized carbons (Fsp3) is 0.250. The zero-order chi connectivity index (χ0) is 14.5. The van der Waals surface area contributed by atoms with Crippen molar-refractivity contribution in [3.8, 4) is 0 Å². The summed E-state index contributed by atoms with van der Waals surface area (Å²) in [4.78, 5) is 28.0. The maximum Gasteiger partial charge on any atom is 0.355 e. The summed E-state index contributed by atoms with van der Waals surface area (Å²) in [5.74, 6) is -1.06. The van der Waals surface area contributed by atoms with E-state index in [9.17, 15) is 9.59 Å². The van der Waals surface area contributed by atoms with Crippen LogP contribution in [0.2, 0.25) is 0 Å². The third-order valence-corrected chi connectivity index (χ3v) is 4.09. The van der Waals surface area contributed by atoms with Crippen LogP contribution in [0.15, 0.2) is 22.2 Å². The SMILES string of the molecule is CN(Cc1ccsc1)C(=O)NCc1nc(C(=O)O)cs1. The number of carbonyl (C=O) groups excluding carboxylic acids is 1. The van der Waals surface area contributed by atoms with Gasteiger partial charge in [-0.15, -0.1) is 11.3 Å². The van der Waals surface area contributed by atoms with Crippen molar-refractivity contribution in [3.05, 3.63) is 38.5 Å². The van der Waals surface area contributed by atoms with Crippen LogP contribution in [0.3, 0.4) is 0 Å². The second kappa shape index (κ2) is 6.49. The third kappa shape index (κ3) is 3.78. The lowest BCUT2D eigenvalue weighted by molar-refractivity contribution is 0.0691. The second-order valence-electron chi connectivity index (χ2n) is 4.08. The smallest absolute Gasteiger partial charge is 0.355 e. The first-order valence-electron chi connectivity index (χ1n) is 5.74. The quantitative estimate of drug-likeness (QED) is 0.887. The van der Waals surface area contributed by atoms with Gasteiger partial charge in [-0.2, -0.15) is 11.3 Å². The molecule has 0 saturated carbocycles. The predicted octanol–water partition coefficient (Wildman–Crippen LogP) is 2.24. The van der Waals surface area contributed by atoms with E-state index in [0.29, 0.717) is 11.6 Å². The van der Waals surface area contributed by atoms with Crippen molar-refractivity contribution in [1.82, 2.24) is 15.2 Å². The summed E-state index contributed by atoms with van der Waals surface area (Å²) in [5.41, 5.74) is 1.08. The minimum atomic E-state index is -1.06. The van der Waals surface area contributed by atoms with Gasteiger partial charge in [-0.05, 0) is 22.4 Å². The van der Waals surface area contributed by atoms with Crippen LogP contribution in [-0.4, -0.2) is 34.0 Å². The van der Waals surface area contributed by atoms with Gasteiger partial charge in [0, 0.05) is 19.0 Å². The van der Waals surface area contributed by atoms with Crippen molar-refractivity contribution >= 4 is 34.7 Å². The number of rotatable bonds is 5. The van der Waals surface area contributed by atoms with E-state index in [4.69, 9.17) is 5.11 Å². The van der Waals surface area contributed by atoms with Crippen LogP contribution < -0.4 is 5.32 Å². The number of nitrogens with zero attached hydrogens (tertiary/aromatic N) is 2. The topological polar surface area (TPSA) is 82.5 Å². The molecule has 0 radical (unpaired) electrons. The number of aromatic nitrogens is 1. The number of carboxylic acid groups (broad SMARTS) is 1. The Morgan fingerprint density at radius 3 is 2.85 bits per heavy atom. The molecule has 0 saturated heterocycles. The van der Waals surface area contributed by atoms with E-state index in [1.165, 1.54) is 16.7 Å². The molecule has 0 aliphatic carbocycles. The third-order valence-electron chi connectivity index (χ3n) is 2.51. The van der Waals surface area contributed by atoms with Gasteiger partial charge < -0.3 is 15.3 Å². The van der Waals surface area contributed by atoms with Gasteiger partial charge in [0.15, 0.2) is 5.69 Å². The molecule has 0 fully saturated rings. The molecule has 2 heterocycles. The van der Waals surface area contributed by atoms with Crippen LogP contribution in [0.25, 0.3) is 0 Å². The van der Waals surface area contributed by atoms with Gasteiger partial charge in [-0.3, -0.25) is 0 Å². The van der Waals surface area contributed by atoms with Crippen molar-refractivity contribution in [1.29, 1.82) is 0 Å². The number of carbonyl (C=O) groups is 2. The summed E-state index contributed by atoms with van der Waals surface area (Å²) < 4.78 is 0. The first-order valence-corrected chi connectivity index (χ1v) is 7.56. The maximum atomic E-state index is 11.9. The molecule has 2 aromatic heterocycles. The number of carboxylic acids is 1. The normalized spacial score (nSPS) is 10.2. The van der Waals surface area contributed by atoms with Gasteiger partial charge in [-0.1, -0.05) is 0 Å². The van der Waals surface area contributed by atoms with E-state index in [1.807, 2.05) is 16.8 Å². The lowest BCUT2D eigenvalue weighted by atomic mass is 10.3. The molecular formula is C12H13N3O3S2. The van der Waals surface area contributed by atoms with E-state index < -0.39 is 5.97 Å². The Bertz CT molecular complexity index is 595. The van der Waals surface area contributed by atoms with Gasteiger partial charge in [0.05, 0.1) is 6.54 Å². The standard InChI is InChI=1S/C12H13N3O3S2/c1-15(5-8-2-3-19-6-8)12(18)13-4-10-14-9(7-20-10)11(16)17/h2-3,6-7H,4-5H2,1H3,(H,13,18)(H,16,17). The lowest BCUT2D eigenvalue weighted by Gasteiger charge is -2.16. The fourth-order valence-electron chi connectivity index (χ4n) is 1.50. The summed E-state index contributed by atoms with van der Waals surface area (Å²) in [6.45, 7) is 0.762. The Labute approximate surface area is 123 Å². The monoisotopic (exact) mass is 311 g/mol. The number of urea groups is 1. The summed E-state index contributed by atoms with van der Waals surface area (Å²) >= 11 is 2.80. The van der Waals surface area contributed by atoms with Crippen LogP contribution in [0.4, 0.5) is 4.79 Å². The van der Waals surface area contributed by atoms with E-state index in [1.54, 1.807) is 23.3 Å². The minimum Gasteiger partial charge on any atom is -0.476 e. The number of thiazole rings is 1. The van der Waals surface area contributed by atoms with Crippen molar-refractivity contribution in [3.63, 3.8) is 0 Å². The summed E-state index contributed by atoms with van der Waals surface area (Å²) in [5, 5.41) is 17.4. The van der Waals surface area contributed by atoms with Crippen molar-refractivity contribution < 1.29 is 14.7 Å². The van der Waals surface area contributed by atoms with E-state index in [2.05, 4.69) is 10.3 Å². The maximum absolute atomic E-state index is 11.9. The molecule has 2 amide bonds. The molecule has 0 aromatic carbocycles. The first kappa shape index (κ1) is 14.5. The van der Waals surface area contributed by atoms with Crippen LogP contribution in [-0.2, 0) is 13.1 Å². The van der Waals surface area contributed by atoms with Gasteiger partial charge >= 0.3 is 12.0 Å². The lowest BCUT2D eigenvalue weighted by Crippen LogP contribution is -2.36. The summed E-state index contributed by atoms with van der Waals surface area (Å²) in [7, 11) is 1.71. The number of aromatic carboxylic acids is 1. The molecule has 2 rings (SSSR count). The molecule has 8 heteroatoms. The minimum absolute atomic E-state index is 0.00544. The van der Waals surface area contributed by atoms with Crippen LogP contribution in [0.5, 0.6) is 0 Å². The molecule has 0 spiro atoms. The average molecular weight is 311 g/mol. The van der Waals surface area contributed by atoms with Crippen molar-refractivity contribution in [2.45, 2.75) is 13.1 Å². The molecule has 2 N–H and O–H groups in total. The number of thiophene rings is 1. The van der Waals surface area contributed by atoms with Gasteiger partial charge in [0.1, 0.15) is 5.01 Å². The predicted molar refractivity (Wildman–Crippen MR) is 77.1 cm³/mol. The molecule has 0 unspecified atom stereocenters. The molecule has 0 atom stereocenters. The number of nitrogens with one attached hydrogen (secondary N) is 1. The van der Waals surface area contributed by atoms with Crippen LogP contribution in [0.1, 0.15) is 21.1 Å². The summed E-state index contributed by atoms with van der Waals surface area (Å²) in [6, 6.07) is 1.75. The molecular weight excluding hydrogens is 298 g/mol. The molecule has 0 aliphatic heterocycles. The Morgan fingerprint density at radius 1 is 1.45 bits per heavy atom. The average Bonchev–Trinajstić information content (AvgIpc) is 3.06. The number of hydrogen-bond donors (Lipinski definition) is 2. The second-order valence-corrected chi connectivity index (χ2v) is 5.80. The highest BCUT2D eigenvalue weighted by Gasteiger charge is 2.12. The fourth-order valence-corrected chi connectivity index (χ4v) is 2.87. The molecule has 0 bridgehead atoms. The van der Waals surface area contributed by atoms with Crippen molar-refractivity contribution in [2.75, 3.05) is 7.05 Å². The number of amides is 2. The highest BCUT2D eigenvalue weighted by atomic mass is 32.1. The van der Waals surface area contributed by atoms with E-state index >= 15 is 0 Å². The van der Waals surface area contributed by atoms with Gasteiger partial charge in [-0.25, -0.2) is 14.6 Å². The zero-order valence-electron chi connectivity index (χ0n) is 10.7. The van der Waals surface area contributed by atoms with E-state index in [0.717, 1.165) is 5.56 Å². The Balaban J connectivity index is 1.83. The van der Waals surface area contributed by atoms with E-state index in [-0.39, 0.29) is 18.3 Å². The molecule has 2 aromatic rings. The molecule has 0 aliphatic rings. The Hall–Kier alpha value is -1.93. The van der Waals surface area contributed by atoms with Crippen LogP contribution >= 0.6 is 22.7 Å². The largest absolute Gasteiger partial charge is 0.476 e. The highest BCUT2D eigenvalue weighted by Crippen LogP contribution is 2.10. The molecule has 106 valence electrons. The Morgan fingerprint density at radius 2 is 2.25 bits per heavy atom. The first-order chi connectivity index (χ1) is 9.56. The van der Waals surface area contributed by atoms with Crippen molar-refractivity contribution in [2.24, 2.45) is 0 Å². The highest BCUT2D eigenvalue weighted by molar-refractivity contribution is 7.09. The molecule has 6 nitrogen and oxygen atoms in total. The Kier molecular flexibility index (Phi) is 4.70. The molecule has 20 heavy (non-hydrogen) atoms. The van der Waals surface area contributed by atoms with Gasteiger partial charge in [0.25, 0.3) is 0 Å². The van der Waals surface area contributed by atoms with Gasteiger partial charge in [0.2, 0.25) is 0 Å². The summed E-state index contributed by atoms with van der Waals surface area (Å²) in [6.07, 6.45) is 0. The number of hydrogen-bond acceptors (Lipinski definition) is 5. The van der Waals surface area contributed by atoms with Crippen LogP contribution in [0, 0.1) is 0 Å².